The van der Waals surface area contributed by atoms with E-state index in [1.807, 2.05) is 6.33 Å². The number of hydrogen-bond acceptors (Lipinski definition) is 2. The fourth-order valence-electron chi connectivity index (χ4n) is 7.49. The highest BCUT2D eigenvalue weighted by Crippen LogP contribution is 2.49. The first-order chi connectivity index (χ1) is 22.4. The van der Waals surface area contributed by atoms with Crippen LogP contribution < -0.4 is 10.4 Å². The number of benzene rings is 5. The van der Waals surface area contributed by atoms with Gasteiger partial charge in [0.2, 0.25) is 0 Å². The molecule has 1 aromatic heterocycles. The lowest BCUT2D eigenvalue weighted by molar-refractivity contribution is 0.278. The van der Waals surface area contributed by atoms with Gasteiger partial charge in [-0.1, -0.05) is 172 Å². The molecule has 0 spiro atoms. The second-order valence-electron chi connectivity index (χ2n) is 13.6. The zero-order valence-corrected chi connectivity index (χ0v) is 28.0. The summed E-state index contributed by atoms with van der Waals surface area (Å²) in [4.78, 5) is 5.10. The predicted molar refractivity (Wildman–Crippen MR) is 191 cm³/mol. The standard InChI is InChI=1S/C42H42N2OSi/c1-41(2,3)46(37-25-15-7-16-26-37,38-27-17-8-18-28-38)45-31-33-29-39(33)40-30-44(32-43-40)42(34-19-9-4-10-20-34,35-21-11-5-12-22-35)36-23-13-6-14-24-36/h4-28,30,32-33,39H,29,31H2,1-3H3/t33-,39-/m1/s1. The van der Waals surface area contributed by atoms with Crippen molar-refractivity contribution in [2.75, 3.05) is 6.61 Å². The molecule has 7 rings (SSSR count). The minimum atomic E-state index is -2.59. The Kier molecular flexibility index (Phi) is 8.10. The highest BCUT2D eigenvalue weighted by Gasteiger charge is 2.52. The van der Waals surface area contributed by atoms with Crippen LogP contribution in [0.1, 0.15) is 55.5 Å². The van der Waals surface area contributed by atoms with Crippen LogP contribution in [0.3, 0.4) is 0 Å². The van der Waals surface area contributed by atoms with Gasteiger partial charge in [0.05, 0.1) is 12.0 Å². The smallest absolute Gasteiger partial charge is 0.261 e. The van der Waals surface area contributed by atoms with Gasteiger partial charge in [-0.25, -0.2) is 4.98 Å². The molecule has 1 aliphatic rings. The molecule has 0 unspecified atom stereocenters. The van der Waals surface area contributed by atoms with Crippen LogP contribution in [-0.4, -0.2) is 24.5 Å². The third kappa shape index (κ3) is 5.26. The van der Waals surface area contributed by atoms with Gasteiger partial charge in [-0.15, -0.1) is 0 Å². The van der Waals surface area contributed by atoms with E-state index in [0.29, 0.717) is 11.8 Å². The summed E-state index contributed by atoms with van der Waals surface area (Å²) in [6.07, 6.45) is 5.42. The number of aromatic nitrogens is 2. The van der Waals surface area contributed by atoms with Crippen molar-refractivity contribution >= 4 is 18.7 Å². The summed E-state index contributed by atoms with van der Waals surface area (Å²) in [7, 11) is -2.59. The molecule has 1 saturated carbocycles. The van der Waals surface area contributed by atoms with Gasteiger partial charge in [0.1, 0.15) is 5.54 Å². The van der Waals surface area contributed by atoms with E-state index in [-0.39, 0.29) is 5.04 Å². The maximum Gasteiger partial charge on any atom is 0.261 e. The molecule has 5 aromatic carbocycles. The Hall–Kier alpha value is -4.51. The van der Waals surface area contributed by atoms with Crippen molar-refractivity contribution in [3.8, 4) is 0 Å². The Morgan fingerprint density at radius 1 is 0.630 bits per heavy atom. The molecule has 4 heteroatoms. The number of imidazole rings is 1. The molecule has 6 aromatic rings. The first-order valence-corrected chi connectivity index (χ1v) is 18.3. The summed E-state index contributed by atoms with van der Waals surface area (Å²) in [5, 5.41) is 2.62. The van der Waals surface area contributed by atoms with Crippen molar-refractivity contribution in [2.45, 2.75) is 43.7 Å². The first kappa shape index (κ1) is 30.2. The monoisotopic (exact) mass is 618 g/mol. The number of nitrogens with zero attached hydrogens (tertiary/aromatic N) is 2. The second-order valence-corrected chi connectivity index (χ2v) is 17.9. The first-order valence-electron chi connectivity index (χ1n) is 16.4. The van der Waals surface area contributed by atoms with E-state index in [9.17, 15) is 0 Å². The molecule has 1 aliphatic carbocycles. The molecule has 2 atom stereocenters. The number of hydrogen-bond donors (Lipinski definition) is 0. The molecule has 230 valence electrons. The van der Waals surface area contributed by atoms with E-state index in [1.165, 1.54) is 27.1 Å². The molecule has 0 amide bonds. The zero-order valence-electron chi connectivity index (χ0n) is 27.0. The minimum absolute atomic E-state index is 0.0394. The maximum atomic E-state index is 7.33. The molecule has 1 fully saturated rings. The van der Waals surface area contributed by atoms with Crippen LogP contribution in [-0.2, 0) is 9.96 Å². The Labute approximate surface area is 274 Å². The van der Waals surface area contributed by atoms with E-state index in [4.69, 9.17) is 9.41 Å². The van der Waals surface area contributed by atoms with Crippen LogP contribution in [0, 0.1) is 5.92 Å². The van der Waals surface area contributed by atoms with Crippen molar-refractivity contribution < 1.29 is 4.43 Å². The van der Waals surface area contributed by atoms with Crippen LogP contribution in [0.2, 0.25) is 5.04 Å². The van der Waals surface area contributed by atoms with Crippen molar-refractivity contribution in [2.24, 2.45) is 5.92 Å². The van der Waals surface area contributed by atoms with Crippen LogP contribution in [0.5, 0.6) is 0 Å². The molecule has 0 N–H and O–H groups in total. The molecule has 3 nitrogen and oxygen atoms in total. The summed E-state index contributed by atoms with van der Waals surface area (Å²) in [6, 6.07) is 54.4. The van der Waals surface area contributed by atoms with Gasteiger partial charge in [-0.05, 0) is 44.4 Å². The normalized spacial score (nSPS) is 16.7. The van der Waals surface area contributed by atoms with Gasteiger partial charge in [0.25, 0.3) is 8.32 Å². The Morgan fingerprint density at radius 2 is 1.04 bits per heavy atom. The van der Waals surface area contributed by atoms with Gasteiger partial charge in [-0.3, -0.25) is 0 Å². The van der Waals surface area contributed by atoms with E-state index in [2.05, 4.69) is 183 Å². The van der Waals surface area contributed by atoms with E-state index in [0.717, 1.165) is 18.7 Å². The summed E-state index contributed by atoms with van der Waals surface area (Å²) in [6.45, 7) is 7.77. The highest BCUT2D eigenvalue weighted by atomic mass is 28.4. The lowest BCUT2D eigenvalue weighted by Crippen LogP contribution is -2.66. The van der Waals surface area contributed by atoms with Gasteiger partial charge < -0.3 is 8.99 Å². The number of rotatable bonds is 10. The quantitative estimate of drug-likeness (QED) is 0.114. The average molecular weight is 619 g/mol. The van der Waals surface area contributed by atoms with E-state index in [1.54, 1.807) is 0 Å². The summed E-state index contributed by atoms with van der Waals surface area (Å²) in [5.41, 5.74) is 4.21. The molecular formula is C42H42N2OSi. The topological polar surface area (TPSA) is 27.1 Å². The van der Waals surface area contributed by atoms with Crippen LogP contribution in [0.4, 0.5) is 0 Å². The summed E-state index contributed by atoms with van der Waals surface area (Å²) < 4.78 is 9.66. The molecule has 46 heavy (non-hydrogen) atoms. The molecule has 0 aliphatic heterocycles. The molecule has 1 heterocycles. The SMILES string of the molecule is CC(C)(C)[Si](OC[C@H]1C[C@H]1c1cn(C(c2ccccc2)(c2ccccc2)c2ccccc2)cn1)(c1ccccc1)c1ccccc1. The van der Waals surface area contributed by atoms with E-state index < -0.39 is 13.9 Å². The van der Waals surface area contributed by atoms with Crippen LogP contribution in [0.25, 0.3) is 0 Å². The predicted octanol–water partition coefficient (Wildman–Crippen LogP) is 8.40. The van der Waals surface area contributed by atoms with Crippen LogP contribution >= 0.6 is 0 Å². The van der Waals surface area contributed by atoms with Crippen molar-refractivity contribution in [3.05, 3.63) is 187 Å². The van der Waals surface area contributed by atoms with Crippen LogP contribution in [0.15, 0.2) is 164 Å². The minimum Gasteiger partial charge on any atom is -0.407 e. The summed E-state index contributed by atoms with van der Waals surface area (Å²) >= 11 is 0. The highest BCUT2D eigenvalue weighted by molar-refractivity contribution is 6.99. The Morgan fingerprint density at radius 3 is 1.46 bits per heavy atom. The zero-order chi connectivity index (χ0) is 31.6. The second kappa shape index (κ2) is 12.4. The molecular weight excluding hydrogens is 577 g/mol. The van der Waals surface area contributed by atoms with Gasteiger partial charge in [0.15, 0.2) is 0 Å². The lowest BCUT2D eigenvalue weighted by atomic mass is 9.77. The van der Waals surface area contributed by atoms with Gasteiger partial charge >= 0.3 is 0 Å². The lowest BCUT2D eigenvalue weighted by Gasteiger charge is -2.43. The van der Waals surface area contributed by atoms with Gasteiger partial charge in [0, 0.05) is 18.7 Å². The molecule has 0 bridgehead atoms. The Balaban J connectivity index is 1.23. The fourth-order valence-corrected chi connectivity index (χ4v) is 12.1. The van der Waals surface area contributed by atoms with Gasteiger partial charge in [-0.2, -0.15) is 0 Å². The van der Waals surface area contributed by atoms with Crippen molar-refractivity contribution in [1.29, 1.82) is 0 Å². The molecule has 0 radical (unpaired) electrons. The largest absolute Gasteiger partial charge is 0.407 e. The van der Waals surface area contributed by atoms with Crippen molar-refractivity contribution in [3.63, 3.8) is 0 Å². The van der Waals surface area contributed by atoms with Crippen molar-refractivity contribution in [1.82, 2.24) is 9.55 Å². The fraction of sp³-hybridized carbons (Fsp3) is 0.214. The molecule has 0 saturated heterocycles. The third-order valence-corrected chi connectivity index (χ3v) is 14.8. The average Bonchev–Trinajstić information content (AvgIpc) is 3.72. The Bertz CT molecular complexity index is 1710. The maximum absolute atomic E-state index is 7.33. The third-order valence-electron chi connectivity index (χ3n) is 9.80. The van der Waals surface area contributed by atoms with E-state index >= 15 is 0 Å². The summed E-state index contributed by atoms with van der Waals surface area (Å²) in [5.74, 6) is 0.809.